The molecule has 0 radical (unpaired) electrons. The van der Waals surface area contributed by atoms with Crippen LogP contribution in [0.15, 0.2) is 24.3 Å². The first-order valence-electron chi connectivity index (χ1n) is 4.99. The predicted octanol–water partition coefficient (Wildman–Crippen LogP) is 1.84. The molecule has 0 aromatic heterocycles. The number of anilines is 1. The maximum absolute atomic E-state index is 11.6. The number of carbonyl (C=O) groups excluding carboxylic acids is 1. The van der Waals surface area contributed by atoms with Gasteiger partial charge >= 0.3 is 0 Å². The van der Waals surface area contributed by atoms with Crippen LogP contribution >= 0.6 is 0 Å². The zero-order valence-electron chi connectivity index (χ0n) is 8.51. The Morgan fingerprint density at radius 3 is 2.67 bits per heavy atom. The summed E-state index contributed by atoms with van der Waals surface area (Å²) in [5.41, 5.74) is 0.661. The van der Waals surface area contributed by atoms with E-state index >= 15 is 0 Å². The lowest BCUT2D eigenvalue weighted by molar-refractivity contribution is -0.119. The normalized spacial score (nSPS) is 21.0. The lowest BCUT2D eigenvalue weighted by Crippen LogP contribution is -2.22. The summed E-state index contributed by atoms with van der Waals surface area (Å²) >= 11 is 0. The number of phenols is 1. The number of hydrogen-bond acceptors (Lipinski definition) is 3. The summed E-state index contributed by atoms with van der Waals surface area (Å²) < 4.78 is 0. The fourth-order valence-electron chi connectivity index (χ4n) is 1.53. The van der Waals surface area contributed by atoms with Crippen molar-refractivity contribution < 1.29 is 14.7 Å². The van der Waals surface area contributed by atoms with Crippen molar-refractivity contribution in [2.45, 2.75) is 25.9 Å². The maximum Gasteiger partial charge on any atom is 0.253 e. The molecule has 0 bridgehead atoms. The third-order valence-electron chi connectivity index (χ3n) is 2.42. The standard InChI is InChI=1S/C11H13NO3/c1-2-10-7-11(14)12(15-10)8-3-5-9(13)6-4-8/h3-6,10,13H,2,7H2,1H3. The number of rotatable bonds is 2. The van der Waals surface area contributed by atoms with Crippen molar-refractivity contribution in [2.75, 3.05) is 5.06 Å². The number of amides is 1. The number of carbonyl (C=O) groups is 1. The highest BCUT2D eigenvalue weighted by molar-refractivity contribution is 5.93. The monoisotopic (exact) mass is 207 g/mol. The van der Waals surface area contributed by atoms with Gasteiger partial charge in [-0.15, -0.1) is 0 Å². The number of nitrogens with zero attached hydrogens (tertiary/aromatic N) is 1. The Balaban J connectivity index is 2.18. The number of benzene rings is 1. The summed E-state index contributed by atoms with van der Waals surface area (Å²) in [7, 11) is 0. The van der Waals surface area contributed by atoms with Gasteiger partial charge in [0.2, 0.25) is 0 Å². The van der Waals surface area contributed by atoms with Gasteiger partial charge in [0.25, 0.3) is 5.91 Å². The summed E-state index contributed by atoms with van der Waals surface area (Å²) in [6.07, 6.45) is 1.23. The Kier molecular flexibility index (Phi) is 2.60. The Labute approximate surface area is 88.0 Å². The van der Waals surface area contributed by atoms with E-state index in [2.05, 4.69) is 0 Å². The molecule has 1 aromatic carbocycles. The smallest absolute Gasteiger partial charge is 0.253 e. The highest BCUT2D eigenvalue weighted by Gasteiger charge is 2.30. The molecule has 1 aliphatic rings. The van der Waals surface area contributed by atoms with Crippen molar-refractivity contribution in [3.05, 3.63) is 24.3 Å². The molecule has 80 valence electrons. The average molecular weight is 207 g/mol. The van der Waals surface area contributed by atoms with Crippen LogP contribution < -0.4 is 5.06 Å². The Morgan fingerprint density at radius 2 is 2.13 bits per heavy atom. The van der Waals surface area contributed by atoms with Crippen LogP contribution in [0.3, 0.4) is 0 Å². The zero-order valence-corrected chi connectivity index (χ0v) is 8.51. The first-order valence-corrected chi connectivity index (χ1v) is 4.99. The van der Waals surface area contributed by atoms with E-state index in [4.69, 9.17) is 9.94 Å². The SMILES string of the molecule is CCC1CC(=O)N(c2ccc(O)cc2)O1. The van der Waals surface area contributed by atoms with Crippen LogP contribution in [0, 0.1) is 0 Å². The number of hydrogen-bond donors (Lipinski definition) is 1. The van der Waals surface area contributed by atoms with Gasteiger partial charge < -0.3 is 5.11 Å². The van der Waals surface area contributed by atoms with Crippen LogP contribution in [0.1, 0.15) is 19.8 Å². The van der Waals surface area contributed by atoms with Gasteiger partial charge in [0.05, 0.1) is 18.2 Å². The molecule has 1 N–H and O–H groups in total. The van der Waals surface area contributed by atoms with E-state index < -0.39 is 0 Å². The maximum atomic E-state index is 11.6. The van der Waals surface area contributed by atoms with E-state index in [-0.39, 0.29) is 17.8 Å². The van der Waals surface area contributed by atoms with E-state index in [0.29, 0.717) is 12.1 Å². The summed E-state index contributed by atoms with van der Waals surface area (Å²) in [4.78, 5) is 17.0. The molecular weight excluding hydrogens is 194 g/mol. The molecular formula is C11H13NO3. The molecule has 0 saturated carbocycles. The summed E-state index contributed by atoms with van der Waals surface area (Å²) in [6.45, 7) is 1.98. The van der Waals surface area contributed by atoms with Gasteiger partial charge in [-0.2, -0.15) is 5.06 Å². The molecule has 1 heterocycles. The Morgan fingerprint density at radius 1 is 1.47 bits per heavy atom. The molecule has 0 aliphatic carbocycles. The van der Waals surface area contributed by atoms with Crippen LogP contribution in [0.25, 0.3) is 0 Å². The predicted molar refractivity (Wildman–Crippen MR) is 55.4 cm³/mol. The highest BCUT2D eigenvalue weighted by atomic mass is 16.7. The van der Waals surface area contributed by atoms with E-state index in [0.717, 1.165) is 6.42 Å². The number of phenolic OH excluding ortho intramolecular Hbond substituents is 1. The average Bonchev–Trinajstić information content (AvgIpc) is 2.61. The second kappa shape index (κ2) is 3.90. The van der Waals surface area contributed by atoms with Gasteiger partial charge in [0.1, 0.15) is 5.75 Å². The quantitative estimate of drug-likeness (QED) is 0.805. The first-order chi connectivity index (χ1) is 7.20. The highest BCUT2D eigenvalue weighted by Crippen LogP contribution is 2.26. The molecule has 2 rings (SSSR count). The molecule has 4 heteroatoms. The van der Waals surface area contributed by atoms with Crippen LogP contribution in [0.4, 0.5) is 5.69 Å². The van der Waals surface area contributed by atoms with Gasteiger partial charge in [-0.05, 0) is 30.7 Å². The molecule has 0 spiro atoms. The minimum Gasteiger partial charge on any atom is -0.508 e. The molecule has 4 nitrogen and oxygen atoms in total. The second-order valence-electron chi connectivity index (χ2n) is 3.54. The van der Waals surface area contributed by atoms with E-state index in [9.17, 15) is 4.79 Å². The van der Waals surface area contributed by atoms with Crippen LogP contribution in [-0.4, -0.2) is 17.1 Å². The minimum absolute atomic E-state index is 0.0219. The Hall–Kier alpha value is -1.55. The summed E-state index contributed by atoms with van der Waals surface area (Å²) in [6, 6.07) is 6.38. The van der Waals surface area contributed by atoms with E-state index in [1.54, 1.807) is 12.1 Å². The fourth-order valence-corrected chi connectivity index (χ4v) is 1.53. The molecule has 15 heavy (non-hydrogen) atoms. The van der Waals surface area contributed by atoms with Crippen molar-refractivity contribution in [3.63, 3.8) is 0 Å². The lowest BCUT2D eigenvalue weighted by atomic mass is 10.2. The van der Waals surface area contributed by atoms with Crippen molar-refractivity contribution in [1.29, 1.82) is 0 Å². The van der Waals surface area contributed by atoms with E-state index in [1.165, 1.54) is 17.2 Å². The molecule has 1 aliphatic heterocycles. The molecule has 1 saturated heterocycles. The van der Waals surface area contributed by atoms with Crippen molar-refractivity contribution >= 4 is 11.6 Å². The fraction of sp³-hybridized carbons (Fsp3) is 0.364. The van der Waals surface area contributed by atoms with Gasteiger partial charge in [0, 0.05) is 0 Å². The lowest BCUT2D eigenvalue weighted by Gasteiger charge is -2.15. The first kappa shape index (κ1) is 9.98. The van der Waals surface area contributed by atoms with Gasteiger partial charge in [-0.3, -0.25) is 9.63 Å². The molecule has 1 amide bonds. The van der Waals surface area contributed by atoms with Crippen LogP contribution in [0.5, 0.6) is 5.75 Å². The molecule has 1 fully saturated rings. The largest absolute Gasteiger partial charge is 0.508 e. The van der Waals surface area contributed by atoms with Crippen LogP contribution in [-0.2, 0) is 9.63 Å². The van der Waals surface area contributed by atoms with Crippen LogP contribution in [0.2, 0.25) is 0 Å². The third-order valence-corrected chi connectivity index (χ3v) is 2.42. The minimum atomic E-state index is -0.0347. The molecule has 1 aromatic rings. The van der Waals surface area contributed by atoms with Crippen molar-refractivity contribution in [1.82, 2.24) is 0 Å². The third kappa shape index (κ3) is 1.94. The summed E-state index contributed by atoms with van der Waals surface area (Å²) in [5, 5.41) is 10.4. The van der Waals surface area contributed by atoms with Gasteiger partial charge in [-0.25, -0.2) is 0 Å². The van der Waals surface area contributed by atoms with Crippen molar-refractivity contribution in [3.8, 4) is 5.75 Å². The number of hydroxylamine groups is 1. The number of aromatic hydroxyl groups is 1. The van der Waals surface area contributed by atoms with Crippen molar-refractivity contribution in [2.24, 2.45) is 0 Å². The Bertz CT molecular complexity index is 361. The molecule has 1 atom stereocenters. The van der Waals surface area contributed by atoms with Gasteiger partial charge in [-0.1, -0.05) is 6.92 Å². The van der Waals surface area contributed by atoms with Gasteiger partial charge in [0.15, 0.2) is 0 Å². The second-order valence-corrected chi connectivity index (χ2v) is 3.54. The topological polar surface area (TPSA) is 49.8 Å². The zero-order chi connectivity index (χ0) is 10.8. The molecule has 1 unspecified atom stereocenters. The van der Waals surface area contributed by atoms with E-state index in [1.807, 2.05) is 6.92 Å². The summed E-state index contributed by atoms with van der Waals surface area (Å²) in [5.74, 6) is 0.143.